The number of carbonyl (C=O) groups excluding carboxylic acids is 1. The van der Waals surface area contributed by atoms with Crippen LogP contribution in [0.25, 0.3) is 0 Å². The Hall–Kier alpha value is -0.220. The fourth-order valence-corrected chi connectivity index (χ4v) is 3.69. The molecule has 2 aliphatic rings. The first kappa shape index (κ1) is 13.2. The molecule has 98 valence electrons. The van der Waals surface area contributed by atoms with Gasteiger partial charge in [0, 0.05) is 37.8 Å². The van der Waals surface area contributed by atoms with E-state index in [0.29, 0.717) is 18.4 Å². The minimum Gasteiger partial charge on any atom is -0.343 e. The summed E-state index contributed by atoms with van der Waals surface area (Å²) in [7, 11) is 0. The summed E-state index contributed by atoms with van der Waals surface area (Å²) in [6, 6.07) is 0.642. The van der Waals surface area contributed by atoms with E-state index in [-0.39, 0.29) is 0 Å². The van der Waals surface area contributed by atoms with E-state index in [4.69, 9.17) is 0 Å². The van der Waals surface area contributed by atoms with Gasteiger partial charge in [-0.3, -0.25) is 4.79 Å². The van der Waals surface area contributed by atoms with Crippen molar-refractivity contribution in [3.8, 4) is 0 Å². The molecule has 0 bridgehead atoms. The Labute approximate surface area is 109 Å². The van der Waals surface area contributed by atoms with Gasteiger partial charge in [-0.15, -0.1) is 0 Å². The Morgan fingerprint density at radius 3 is 2.76 bits per heavy atom. The molecule has 2 rings (SSSR count). The lowest BCUT2D eigenvalue weighted by molar-refractivity contribution is -0.131. The summed E-state index contributed by atoms with van der Waals surface area (Å²) >= 11 is 2.03. The van der Waals surface area contributed by atoms with E-state index < -0.39 is 0 Å². The largest absolute Gasteiger partial charge is 0.343 e. The van der Waals surface area contributed by atoms with E-state index in [0.717, 1.165) is 19.6 Å². The van der Waals surface area contributed by atoms with Gasteiger partial charge in [0.15, 0.2) is 0 Å². The van der Waals surface area contributed by atoms with Crippen LogP contribution in [0.3, 0.4) is 0 Å². The summed E-state index contributed by atoms with van der Waals surface area (Å²) in [5.41, 5.74) is 0. The standard InChI is InChI=1S/C13H24N2OS/c16-13(15-8-2-1-3-9-15)6-7-14-12-5-4-10-17-11-12/h12,14H,1-11H2. The molecular formula is C13H24N2OS. The summed E-state index contributed by atoms with van der Waals surface area (Å²) < 4.78 is 0. The molecule has 0 aromatic carbocycles. The van der Waals surface area contributed by atoms with Crippen LogP contribution in [0, 0.1) is 0 Å². The van der Waals surface area contributed by atoms with E-state index >= 15 is 0 Å². The molecule has 2 saturated heterocycles. The van der Waals surface area contributed by atoms with Crippen molar-refractivity contribution in [1.82, 2.24) is 10.2 Å². The molecule has 1 amide bonds. The van der Waals surface area contributed by atoms with Crippen molar-refractivity contribution in [1.29, 1.82) is 0 Å². The first-order valence-corrected chi connectivity index (χ1v) is 8.10. The zero-order valence-corrected chi connectivity index (χ0v) is 11.4. The summed E-state index contributed by atoms with van der Waals surface area (Å²) in [5.74, 6) is 2.88. The predicted octanol–water partition coefficient (Wildman–Crippen LogP) is 1.87. The zero-order chi connectivity index (χ0) is 11.9. The number of nitrogens with one attached hydrogen (secondary N) is 1. The lowest BCUT2D eigenvalue weighted by atomic mass is 10.1. The molecule has 0 aromatic heterocycles. The van der Waals surface area contributed by atoms with Gasteiger partial charge < -0.3 is 10.2 Å². The van der Waals surface area contributed by atoms with Gasteiger partial charge in [0.2, 0.25) is 5.91 Å². The van der Waals surface area contributed by atoms with Crippen LogP contribution in [0.4, 0.5) is 0 Å². The maximum absolute atomic E-state index is 11.9. The van der Waals surface area contributed by atoms with Crippen LogP contribution in [0.2, 0.25) is 0 Å². The minimum absolute atomic E-state index is 0.348. The van der Waals surface area contributed by atoms with Crippen molar-refractivity contribution in [2.45, 2.75) is 44.6 Å². The summed E-state index contributed by atoms with van der Waals surface area (Å²) in [5, 5.41) is 3.52. The van der Waals surface area contributed by atoms with Crippen LogP contribution in [-0.2, 0) is 4.79 Å². The normalized spacial score (nSPS) is 25.9. The molecule has 1 N–H and O–H groups in total. The number of rotatable bonds is 4. The summed E-state index contributed by atoms with van der Waals surface area (Å²) in [6.45, 7) is 2.83. The molecule has 17 heavy (non-hydrogen) atoms. The van der Waals surface area contributed by atoms with E-state index in [9.17, 15) is 4.79 Å². The van der Waals surface area contributed by atoms with Gasteiger partial charge in [-0.05, 0) is 37.9 Å². The topological polar surface area (TPSA) is 32.3 Å². The van der Waals surface area contributed by atoms with Crippen molar-refractivity contribution < 1.29 is 4.79 Å². The first-order chi connectivity index (χ1) is 8.36. The fourth-order valence-electron chi connectivity index (χ4n) is 2.59. The van der Waals surface area contributed by atoms with E-state index in [1.807, 2.05) is 16.7 Å². The quantitative estimate of drug-likeness (QED) is 0.833. The number of carbonyl (C=O) groups is 1. The second-order valence-corrected chi connectivity index (χ2v) is 6.21. The van der Waals surface area contributed by atoms with Crippen LogP contribution >= 0.6 is 11.8 Å². The molecule has 4 heteroatoms. The van der Waals surface area contributed by atoms with Crippen LogP contribution < -0.4 is 5.32 Å². The highest BCUT2D eigenvalue weighted by atomic mass is 32.2. The zero-order valence-electron chi connectivity index (χ0n) is 10.6. The SMILES string of the molecule is O=C(CCNC1CCCSC1)N1CCCCC1. The lowest BCUT2D eigenvalue weighted by Crippen LogP contribution is -2.39. The number of hydrogen-bond acceptors (Lipinski definition) is 3. The van der Waals surface area contributed by atoms with Crippen LogP contribution in [0.1, 0.15) is 38.5 Å². The number of likely N-dealkylation sites (tertiary alicyclic amines) is 1. The van der Waals surface area contributed by atoms with Gasteiger partial charge in [0.05, 0.1) is 0 Å². The highest BCUT2D eigenvalue weighted by molar-refractivity contribution is 7.99. The highest BCUT2D eigenvalue weighted by Crippen LogP contribution is 2.16. The van der Waals surface area contributed by atoms with E-state index in [2.05, 4.69) is 5.32 Å². The van der Waals surface area contributed by atoms with Gasteiger partial charge in [0.1, 0.15) is 0 Å². The van der Waals surface area contributed by atoms with Crippen LogP contribution in [0.15, 0.2) is 0 Å². The number of nitrogens with zero attached hydrogens (tertiary/aromatic N) is 1. The summed E-state index contributed by atoms with van der Waals surface area (Å²) in [6.07, 6.45) is 6.96. The van der Waals surface area contributed by atoms with Gasteiger partial charge >= 0.3 is 0 Å². The third-order valence-electron chi connectivity index (χ3n) is 3.64. The smallest absolute Gasteiger partial charge is 0.223 e. The first-order valence-electron chi connectivity index (χ1n) is 6.95. The van der Waals surface area contributed by atoms with Crippen molar-refractivity contribution >= 4 is 17.7 Å². The van der Waals surface area contributed by atoms with Crippen LogP contribution in [0.5, 0.6) is 0 Å². The Bertz CT molecular complexity index is 236. The molecule has 0 spiro atoms. The number of hydrogen-bond donors (Lipinski definition) is 1. The Morgan fingerprint density at radius 1 is 1.24 bits per heavy atom. The van der Waals surface area contributed by atoms with E-state index in [1.165, 1.54) is 43.6 Å². The van der Waals surface area contributed by atoms with Crippen molar-refractivity contribution in [3.63, 3.8) is 0 Å². The van der Waals surface area contributed by atoms with Crippen LogP contribution in [-0.4, -0.2) is 48.0 Å². The predicted molar refractivity (Wildman–Crippen MR) is 73.4 cm³/mol. The van der Waals surface area contributed by atoms with Crippen molar-refractivity contribution in [3.05, 3.63) is 0 Å². The Morgan fingerprint density at radius 2 is 2.06 bits per heavy atom. The molecular weight excluding hydrogens is 232 g/mol. The number of piperidine rings is 1. The molecule has 2 fully saturated rings. The minimum atomic E-state index is 0.348. The maximum Gasteiger partial charge on any atom is 0.223 e. The third kappa shape index (κ3) is 4.51. The van der Waals surface area contributed by atoms with Gasteiger partial charge in [-0.25, -0.2) is 0 Å². The number of thioether (sulfide) groups is 1. The van der Waals surface area contributed by atoms with Crippen molar-refractivity contribution in [2.75, 3.05) is 31.1 Å². The molecule has 0 radical (unpaired) electrons. The Balaban J connectivity index is 1.58. The average molecular weight is 256 g/mol. The molecule has 0 aromatic rings. The van der Waals surface area contributed by atoms with E-state index in [1.54, 1.807) is 0 Å². The Kier molecular flexibility index (Phi) is 5.65. The van der Waals surface area contributed by atoms with Crippen molar-refractivity contribution in [2.24, 2.45) is 0 Å². The van der Waals surface area contributed by atoms with Gasteiger partial charge in [-0.2, -0.15) is 11.8 Å². The monoisotopic (exact) mass is 256 g/mol. The highest BCUT2D eigenvalue weighted by Gasteiger charge is 2.17. The van der Waals surface area contributed by atoms with Gasteiger partial charge in [0.25, 0.3) is 0 Å². The number of amides is 1. The molecule has 1 atom stereocenters. The third-order valence-corrected chi connectivity index (χ3v) is 4.86. The molecule has 2 aliphatic heterocycles. The molecule has 2 heterocycles. The molecule has 1 unspecified atom stereocenters. The fraction of sp³-hybridized carbons (Fsp3) is 0.923. The average Bonchev–Trinajstić information content (AvgIpc) is 2.41. The molecule has 0 aliphatic carbocycles. The second-order valence-electron chi connectivity index (χ2n) is 5.06. The molecule has 3 nitrogen and oxygen atoms in total. The van der Waals surface area contributed by atoms with Gasteiger partial charge in [-0.1, -0.05) is 0 Å². The maximum atomic E-state index is 11.9. The lowest BCUT2D eigenvalue weighted by Gasteiger charge is -2.27. The molecule has 0 saturated carbocycles. The second kappa shape index (κ2) is 7.27. The summed E-state index contributed by atoms with van der Waals surface area (Å²) in [4.78, 5) is 14.0.